The Morgan fingerprint density at radius 3 is 2.45 bits per heavy atom. The SMILES string of the molecule is O=C(NCC1(CCCF)CCNCC1)c1cc(Cl)cc(Cl)c1. The van der Waals surface area contributed by atoms with Crippen LogP contribution in [0.4, 0.5) is 4.39 Å². The molecule has 1 aromatic carbocycles. The number of amides is 1. The summed E-state index contributed by atoms with van der Waals surface area (Å²) in [5.74, 6) is -0.192. The lowest BCUT2D eigenvalue weighted by molar-refractivity contribution is 0.0903. The largest absolute Gasteiger partial charge is 0.351 e. The van der Waals surface area contributed by atoms with Gasteiger partial charge in [0.2, 0.25) is 0 Å². The molecule has 1 saturated heterocycles. The zero-order chi connectivity index (χ0) is 16.0. The molecule has 0 aromatic heterocycles. The van der Waals surface area contributed by atoms with Crippen LogP contribution in [0.5, 0.6) is 0 Å². The van der Waals surface area contributed by atoms with Crippen LogP contribution < -0.4 is 10.6 Å². The molecule has 2 N–H and O–H groups in total. The number of piperidine rings is 1. The van der Waals surface area contributed by atoms with Crippen molar-refractivity contribution in [3.8, 4) is 0 Å². The Kier molecular flexibility index (Phi) is 6.48. The molecule has 1 fully saturated rings. The highest BCUT2D eigenvalue weighted by Gasteiger charge is 2.32. The molecule has 0 saturated carbocycles. The summed E-state index contributed by atoms with van der Waals surface area (Å²) in [6, 6.07) is 4.79. The van der Waals surface area contributed by atoms with Gasteiger partial charge in [-0.3, -0.25) is 9.18 Å². The van der Waals surface area contributed by atoms with Gasteiger partial charge in [0.1, 0.15) is 0 Å². The average molecular weight is 347 g/mol. The van der Waals surface area contributed by atoms with Crippen LogP contribution in [0, 0.1) is 5.41 Å². The maximum Gasteiger partial charge on any atom is 0.251 e. The van der Waals surface area contributed by atoms with E-state index in [0.29, 0.717) is 28.6 Å². The van der Waals surface area contributed by atoms with Crippen molar-refractivity contribution < 1.29 is 9.18 Å². The molecule has 0 spiro atoms. The van der Waals surface area contributed by atoms with Crippen LogP contribution in [0.25, 0.3) is 0 Å². The molecule has 1 aliphatic rings. The molecule has 1 amide bonds. The summed E-state index contributed by atoms with van der Waals surface area (Å²) in [6.07, 6.45) is 3.23. The van der Waals surface area contributed by atoms with E-state index in [-0.39, 0.29) is 18.0 Å². The van der Waals surface area contributed by atoms with Gasteiger partial charge in [-0.25, -0.2) is 0 Å². The molecule has 0 radical (unpaired) electrons. The lowest BCUT2D eigenvalue weighted by Gasteiger charge is -2.38. The Hall–Kier alpha value is -0.840. The van der Waals surface area contributed by atoms with Crippen molar-refractivity contribution in [1.82, 2.24) is 10.6 Å². The first-order valence-electron chi connectivity index (χ1n) is 7.56. The van der Waals surface area contributed by atoms with Crippen molar-refractivity contribution in [3.63, 3.8) is 0 Å². The normalized spacial score (nSPS) is 17.2. The summed E-state index contributed by atoms with van der Waals surface area (Å²) in [5, 5.41) is 7.15. The number of hydrogen-bond donors (Lipinski definition) is 2. The summed E-state index contributed by atoms with van der Waals surface area (Å²) in [5.41, 5.74) is 0.433. The molecule has 3 nitrogen and oxygen atoms in total. The van der Waals surface area contributed by atoms with Gasteiger partial charge in [-0.1, -0.05) is 23.2 Å². The first-order chi connectivity index (χ1) is 10.5. The first-order valence-corrected chi connectivity index (χ1v) is 8.31. The monoisotopic (exact) mass is 346 g/mol. The van der Waals surface area contributed by atoms with Crippen LogP contribution in [0.3, 0.4) is 0 Å². The molecule has 0 unspecified atom stereocenters. The molecule has 22 heavy (non-hydrogen) atoms. The molecule has 122 valence electrons. The molecular formula is C16H21Cl2FN2O. The topological polar surface area (TPSA) is 41.1 Å². The third kappa shape index (κ3) is 4.83. The van der Waals surface area contributed by atoms with Gasteiger partial charge in [0.05, 0.1) is 6.67 Å². The highest BCUT2D eigenvalue weighted by Crippen LogP contribution is 2.33. The average Bonchev–Trinajstić information content (AvgIpc) is 2.51. The predicted octanol–water partition coefficient (Wildman–Crippen LogP) is 3.84. The van der Waals surface area contributed by atoms with Crippen LogP contribution in [-0.2, 0) is 0 Å². The Morgan fingerprint density at radius 2 is 1.86 bits per heavy atom. The zero-order valence-electron chi connectivity index (χ0n) is 12.4. The van der Waals surface area contributed by atoms with E-state index in [9.17, 15) is 9.18 Å². The Morgan fingerprint density at radius 1 is 1.23 bits per heavy atom. The number of hydrogen-bond acceptors (Lipinski definition) is 2. The van der Waals surface area contributed by atoms with E-state index in [1.807, 2.05) is 0 Å². The quantitative estimate of drug-likeness (QED) is 0.821. The number of nitrogens with one attached hydrogen (secondary N) is 2. The fourth-order valence-electron chi connectivity index (χ4n) is 2.97. The molecule has 1 heterocycles. The number of carbonyl (C=O) groups excluding carboxylic acids is 1. The number of carbonyl (C=O) groups is 1. The van der Waals surface area contributed by atoms with Crippen molar-refractivity contribution in [2.24, 2.45) is 5.41 Å². The minimum absolute atomic E-state index is 0.0185. The minimum atomic E-state index is -0.312. The number of alkyl halides is 1. The molecule has 2 rings (SSSR count). The molecule has 6 heteroatoms. The molecule has 0 aliphatic carbocycles. The zero-order valence-corrected chi connectivity index (χ0v) is 13.9. The van der Waals surface area contributed by atoms with Gasteiger partial charge in [0.25, 0.3) is 5.91 Å². The van der Waals surface area contributed by atoms with Crippen molar-refractivity contribution in [2.45, 2.75) is 25.7 Å². The smallest absolute Gasteiger partial charge is 0.251 e. The van der Waals surface area contributed by atoms with Crippen molar-refractivity contribution >= 4 is 29.1 Å². The Labute approximate surface area is 140 Å². The van der Waals surface area contributed by atoms with E-state index in [1.165, 1.54) is 0 Å². The van der Waals surface area contributed by atoms with E-state index in [0.717, 1.165) is 32.4 Å². The van der Waals surface area contributed by atoms with Gasteiger partial charge in [-0.2, -0.15) is 0 Å². The Balaban J connectivity index is 2.00. The van der Waals surface area contributed by atoms with Gasteiger partial charge in [-0.05, 0) is 62.4 Å². The standard InChI is InChI=1S/C16H21Cl2FN2O/c17-13-8-12(9-14(18)10-13)15(22)21-11-16(2-1-5-19)3-6-20-7-4-16/h8-10,20H,1-7,11H2,(H,21,22). The number of halogens is 3. The second kappa shape index (κ2) is 8.14. The molecule has 1 aliphatic heterocycles. The van der Waals surface area contributed by atoms with Crippen LogP contribution in [0.15, 0.2) is 18.2 Å². The van der Waals surface area contributed by atoms with Gasteiger partial charge in [-0.15, -0.1) is 0 Å². The van der Waals surface area contributed by atoms with Crippen molar-refractivity contribution in [2.75, 3.05) is 26.3 Å². The van der Waals surface area contributed by atoms with E-state index in [1.54, 1.807) is 18.2 Å². The third-order valence-corrected chi connectivity index (χ3v) is 4.69. The molecule has 0 bridgehead atoms. The summed E-state index contributed by atoms with van der Waals surface area (Å²) >= 11 is 11.8. The lowest BCUT2D eigenvalue weighted by Crippen LogP contribution is -2.44. The molecular weight excluding hydrogens is 326 g/mol. The summed E-state index contributed by atoms with van der Waals surface area (Å²) < 4.78 is 12.5. The molecule has 1 aromatic rings. The fraction of sp³-hybridized carbons (Fsp3) is 0.562. The van der Waals surface area contributed by atoms with Gasteiger partial charge < -0.3 is 10.6 Å². The summed E-state index contributed by atoms with van der Waals surface area (Å²) in [7, 11) is 0. The van der Waals surface area contributed by atoms with E-state index >= 15 is 0 Å². The summed E-state index contributed by atoms with van der Waals surface area (Å²) in [4.78, 5) is 12.3. The van der Waals surface area contributed by atoms with Crippen molar-refractivity contribution in [1.29, 1.82) is 0 Å². The van der Waals surface area contributed by atoms with Crippen LogP contribution in [0.1, 0.15) is 36.0 Å². The highest BCUT2D eigenvalue weighted by molar-refractivity contribution is 6.35. The number of benzene rings is 1. The fourth-order valence-corrected chi connectivity index (χ4v) is 3.49. The minimum Gasteiger partial charge on any atom is -0.351 e. The van der Waals surface area contributed by atoms with Crippen LogP contribution in [0.2, 0.25) is 10.0 Å². The summed E-state index contributed by atoms with van der Waals surface area (Å²) in [6.45, 7) is 2.06. The third-order valence-electron chi connectivity index (χ3n) is 4.25. The van der Waals surface area contributed by atoms with Crippen LogP contribution in [-0.4, -0.2) is 32.2 Å². The van der Waals surface area contributed by atoms with Gasteiger partial charge >= 0.3 is 0 Å². The van der Waals surface area contributed by atoms with Crippen molar-refractivity contribution in [3.05, 3.63) is 33.8 Å². The second-order valence-electron chi connectivity index (χ2n) is 5.88. The predicted molar refractivity (Wildman–Crippen MR) is 88.5 cm³/mol. The maximum atomic E-state index is 12.5. The van der Waals surface area contributed by atoms with Gasteiger partial charge in [0.15, 0.2) is 0 Å². The highest BCUT2D eigenvalue weighted by atomic mass is 35.5. The van der Waals surface area contributed by atoms with E-state index in [2.05, 4.69) is 10.6 Å². The van der Waals surface area contributed by atoms with Gasteiger partial charge in [0, 0.05) is 22.2 Å². The molecule has 0 atom stereocenters. The number of rotatable bonds is 6. The Bertz CT molecular complexity index is 499. The first kappa shape index (κ1) is 17.5. The maximum absolute atomic E-state index is 12.5. The second-order valence-corrected chi connectivity index (χ2v) is 6.76. The van der Waals surface area contributed by atoms with E-state index in [4.69, 9.17) is 23.2 Å². The lowest BCUT2D eigenvalue weighted by atomic mass is 9.75. The van der Waals surface area contributed by atoms with E-state index < -0.39 is 0 Å². The van der Waals surface area contributed by atoms with Crippen LogP contribution >= 0.6 is 23.2 Å².